The zero-order valence-electron chi connectivity index (χ0n) is 22.0. The molecule has 0 radical (unpaired) electrons. The van der Waals surface area contributed by atoms with Crippen molar-refractivity contribution in [3.05, 3.63) is 35.9 Å². The number of nitrogens with zero attached hydrogens (tertiary/aromatic N) is 1. The van der Waals surface area contributed by atoms with E-state index in [1.165, 1.54) is 12.0 Å². The topological polar surface area (TPSA) is 83.5 Å². The maximum absolute atomic E-state index is 14.0. The first-order chi connectivity index (χ1) is 16.6. The summed E-state index contributed by atoms with van der Waals surface area (Å²) in [5.74, 6) is -0.681. The van der Waals surface area contributed by atoms with Gasteiger partial charge in [0, 0.05) is 31.9 Å². The summed E-state index contributed by atoms with van der Waals surface area (Å²) in [6.07, 6.45) is -0.170. The molecule has 0 N–H and O–H groups in total. The SMILES string of the molecule is C=C1C[C@](OC)([C@H](OCc2ccc(OC)c(OC)c2)C(=O)N2C(=O)CC[C@@H]2C(C)C)O[C@H](C)[C@@H]1C. The van der Waals surface area contributed by atoms with Gasteiger partial charge in [0.15, 0.2) is 17.6 Å². The van der Waals surface area contributed by atoms with Crippen molar-refractivity contribution in [1.29, 1.82) is 0 Å². The van der Waals surface area contributed by atoms with E-state index in [0.29, 0.717) is 24.3 Å². The molecule has 1 aromatic rings. The van der Waals surface area contributed by atoms with Crippen molar-refractivity contribution in [3.8, 4) is 11.5 Å². The first-order valence-corrected chi connectivity index (χ1v) is 12.2. The van der Waals surface area contributed by atoms with Crippen LogP contribution in [0.15, 0.2) is 30.4 Å². The lowest BCUT2D eigenvalue weighted by molar-refractivity contribution is -0.307. The highest BCUT2D eigenvalue weighted by Crippen LogP contribution is 2.41. The molecule has 35 heavy (non-hydrogen) atoms. The fourth-order valence-electron chi connectivity index (χ4n) is 4.94. The lowest BCUT2D eigenvalue weighted by Gasteiger charge is -2.47. The number of ether oxygens (including phenoxy) is 5. The van der Waals surface area contributed by atoms with Gasteiger partial charge < -0.3 is 23.7 Å². The first kappa shape index (κ1) is 27.2. The molecule has 2 aliphatic rings. The van der Waals surface area contributed by atoms with Crippen LogP contribution in [0.1, 0.15) is 52.5 Å². The Morgan fingerprint density at radius 3 is 2.46 bits per heavy atom. The molecule has 0 bridgehead atoms. The molecule has 0 aromatic heterocycles. The van der Waals surface area contributed by atoms with Crippen molar-refractivity contribution in [2.75, 3.05) is 21.3 Å². The van der Waals surface area contributed by atoms with Crippen molar-refractivity contribution in [2.24, 2.45) is 11.8 Å². The van der Waals surface area contributed by atoms with Gasteiger partial charge in [-0.25, -0.2) is 0 Å². The summed E-state index contributed by atoms with van der Waals surface area (Å²) in [7, 11) is 4.63. The molecule has 0 spiro atoms. The molecule has 1 aromatic carbocycles. The van der Waals surface area contributed by atoms with Gasteiger partial charge in [0.25, 0.3) is 5.91 Å². The predicted molar refractivity (Wildman–Crippen MR) is 131 cm³/mol. The molecule has 2 heterocycles. The molecule has 2 fully saturated rings. The first-order valence-electron chi connectivity index (χ1n) is 12.2. The second kappa shape index (κ2) is 11.1. The maximum atomic E-state index is 14.0. The Hall–Kier alpha value is -2.42. The highest BCUT2D eigenvalue weighted by atomic mass is 16.7. The molecule has 0 unspecified atom stereocenters. The van der Waals surface area contributed by atoms with Crippen LogP contribution in [-0.2, 0) is 30.4 Å². The summed E-state index contributed by atoms with van der Waals surface area (Å²) in [4.78, 5) is 28.2. The summed E-state index contributed by atoms with van der Waals surface area (Å²) in [5, 5.41) is 0. The second-order valence-corrected chi connectivity index (χ2v) is 9.80. The summed E-state index contributed by atoms with van der Waals surface area (Å²) in [5.41, 5.74) is 1.68. The minimum Gasteiger partial charge on any atom is -0.493 e. The molecule has 8 heteroatoms. The van der Waals surface area contributed by atoms with Gasteiger partial charge in [-0.1, -0.05) is 39.0 Å². The van der Waals surface area contributed by atoms with E-state index in [9.17, 15) is 9.59 Å². The Morgan fingerprint density at radius 2 is 1.89 bits per heavy atom. The molecule has 2 aliphatic heterocycles. The second-order valence-electron chi connectivity index (χ2n) is 9.80. The Morgan fingerprint density at radius 1 is 1.20 bits per heavy atom. The highest BCUT2D eigenvalue weighted by Gasteiger charge is 2.54. The molecule has 2 amide bonds. The fourth-order valence-corrected chi connectivity index (χ4v) is 4.94. The summed E-state index contributed by atoms with van der Waals surface area (Å²) in [6.45, 7) is 12.3. The summed E-state index contributed by atoms with van der Waals surface area (Å²) >= 11 is 0. The molecular weight excluding hydrogens is 450 g/mol. The van der Waals surface area contributed by atoms with Crippen molar-refractivity contribution >= 4 is 11.8 Å². The number of amides is 2. The maximum Gasteiger partial charge on any atom is 0.264 e. The van der Waals surface area contributed by atoms with Gasteiger partial charge in [-0.05, 0) is 37.0 Å². The van der Waals surface area contributed by atoms with Crippen molar-refractivity contribution in [2.45, 2.75) is 77.6 Å². The number of hydrogen-bond acceptors (Lipinski definition) is 7. The lowest BCUT2D eigenvalue weighted by Crippen LogP contribution is -2.61. The van der Waals surface area contributed by atoms with E-state index in [-0.39, 0.29) is 42.9 Å². The molecular formula is C27H39NO7. The van der Waals surface area contributed by atoms with Crippen LogP contribution in [0.2, 0.25) is 0 Å². The van der Waals surface area contributed by atoms with Crippen molar-refractivity contribution in [3.63, 3.8) is 0 Å². The number of benzene rings is 1. The van der Waals surface area contributed by atoms with Gasteiger partial charge in [0.2, 0.25) is 11.7 Å². The number of likely N-dealkylation sites (tertiary alicyclic amines) is 1. The van der Waals surface area contributed by atoms with Crippen LogP contribution in [0.5, 0.6) is 11.5 Å². The Kier molecular flexibility index (Phi) is 8.62. The van der Waals surface area contributed by atoms with Crippen LogP contribution >= 0.6 is 0 Å². The predicted octanol–water partition coefficient (Wildman–Crippen LogP) is 4.11. The van der Waals surface area contributed by atoms with E-state index in [0.717, 1.165) is 11.1 Å². The highest BCUT2D eigenvalue weighted by molar-refractivity contribution is 5.99. The van der Waals surface area contributed by atoms with E-state index >= 15 is 0 Å². The number of hydrogen-bond donors (Lipinski definition) is 0. The molecule has 0 saturated carbocycles. The molecule has 2 saturated heterocycles. The monoisotopic (exact) mass is 489 g/mol. The number of rotatable bonds is 9. The number of carbonyl (C=O) groups excluding carboxylic acids is 2. The van der Waals surface area contributed by atoms with Gasteiger partial charge in [-0.15, -0.1) is 0 Å². The minimum atomic E-state index is -1.40. The van der Waals surface area contributed by atoms with E-state index in [4.69, 9.17) is 23.7 Å². The van der Waals surface area contributed by atoms with Crippen molar-refractivity contribution < 1.29 is 33.3 Å². The third-order valence-electron chi connectivity index (χ3n) is 7.30. The van der Waals surface area contributed by atoms with Crippen LogP contribution in [-0.4, -0.2) is 62.1 Å². The van der Waals surface area contributed by atoms with Gasteiger partial charge >= 0.3 is 0 Å². The lowest BCUT2D eigenvalue weighted by atomic mass is 9.85. The quantitative estimate of drug-likeness (QED) is 0.483. The van der Waals surface area contributed by atoms with Crippen LogP contribution in [0.4, 0.5) is 0 Å². The zero-order chi connectivity index (χ0) is 25.9. The molecule has 3 rings (SSSR count). The van der Waals surface area contributed by atoms with Gasteiger partial charge in [0.1, 0.15) is 0 Å². The Balaban J connectivity index is 1.97. The van der Waals surface area contributed by atoms with Crippen molar-refractivity contribution in [1.82, 2.24) is 4.90 Å². The van der Waals surface area contributed by atoms with E-state index in [2.05, 4.69) is 6.58 Å². The van der Waals surface area contributed by atoms with Crippen LogP contribution in [0, 0.1) is 11.8 Å². The molecule has 0 aliphatic carbocycles. The molecule has 194 valence electrons. The molecule has 8 nitrogen and oxygen atoms in total. The van der Waals surface area contributed by atoms with Crippen LogP contribution in [0.3, 0.4) is 0 Å². The third-order valence-corrected chi connectivity index (χ3v) is 7.30. The average molecular weight is 490 g/mol. The third kappa shape index (κ3) is 5.39. The van der Waals surface area contributed by atoms with Gasteiger partial charge in [0.05, 0.1) is 26.9 Å². The van der Waals surface area contributed by atoms with Gasteiger partial charge in [-0.3, -0.25) is 14.5 Å². The standard InChI is InChI=1S/C27H39NO7/c1-16(2)21-10-12-24(29)28(21)26(30)25(27(33-8)14-17(3)18(4)19(5)35-27)34-15-20-9-11-22(31-6)23(13-20)32-7/h9,11,13,16,18-19,21,25H,3,10,12,14-15H2,1-2,4-8H3/t18-,19-,21-,25-,27-/m1/s1. The van der Waals surface area contributed by atoms with Crippen LogP contribution < -0.4 is 9.47 Å². The number of imide groups is 1. The van der Waals surface area contributed by atoms with Crippen LogP contribution in [0.25, 0.3) is 0 Å². The summed E-state index contributed by atoms with van der Waals surface area (Å²) in [6, 6.07) is 5.22. The fraction of sp³-hybridized carbons (Fsp3) is 0.630. The molecule has 5 atom stereocenters. The van der Waals surface area contributed by atoms with E-state index < -0.39 is 17.8 Å². The Bertz CT molecular complexity index is 945. The number of methoxy groups -OCH3 is 3. The number of carbonyl (C=O) groups is 2. The normalized spacial score (nSPS) is 27.9. The van der Waals surface area contributed by atoms with Gasteiger partial charge in [-0.2, -0.15) is 0 Å². The minimum absolute atomic E-state index is 0.0794. The average Bonchev–Trinajstić information content (AvgIpc) is 3.23. The summed E-state index contributed by atoms with van der Waals surface area (Å²) < 4.78 is 29.2. The Labute approximate surface area is 208 Å². The zero-order valence-corrected chi connectivity index (χ0v) is 22.0. The van der Waals surface area contributed by atoms with E-state index in [1.807, 2.05) is 33.8 Å². The van der Waals surface area contributed by atoms with E-state index in [1.54, 1.807) is 26.4 Å². The largest absolute Gasteiger partial charge is 0.493 e. The smallest absolute Gasteiger partial charge is 0.264 e.